The largest absolute Gasteiger partial charge is 0.308 e. The van der Waals surface area contributed by atoms with Crippen molar-refractivity contribution in [2.75, 3.05) is 6.54 Å². The molecule has 0 radical (unpaired) electrons. The first kappa shape index (κ1) is 12.7. The van der Waals surface area contributed by atoms with E-state index in [4.69, 9.17) is 0 Å². The first-order valence-electron chi connectivity index (χ1n) is 5.86. The topological polar surface area (TPSA) is 37.8 Å². The fraction of sp³-hybridized carbons (Fsp3) is 0.500. The molecule has 2 heterocycles. The molecule has 3 nitrogen and oxygen atoms in total. The Morgan fingerprint density at radius 3 is 2.71 bits per heavy atom. The summed E-state index contributed by atoms with van der Waals surface area (Å²) in [5.74, 6) is 0. The molecule has 2 rings (SSSR count). The van der Waals surface area contributed by atoms with Crippen molar-refractivity contribution in [3.8, 4) is 10.6 Å². The van der Waals surface area contributed by atoms with Crippen LogP contribution in [0, 0.1) is 6.92 Å². The molecule has 92 valence electrons. The van der Waals surface area contributed by atoms with E-state index in [1.165, 1.54) is 11.1 Å². The SMILES string of the molecule is CCNC(CC)c1nnc(-c2cscc2C)s1. The van der Waals surface area contributed by atoms with Crippen LogP contribution < -0.4 is 5.32 Å². The number of nitrogens with one attached hydrogen (secondary N) is 1. The highest BCUT2D eigenvalue weighted by atomic mass is 32.1. The Hall–Kier alpha value is -0.780. The Balaban J connectivity index is 2.24. The average Bonchev–Trinajstić information content (AvgIpc) is 2.94. The Morgan fingerprint density at radius 1 is 1.29 bits per heavy atom. The van der Waals surface area contributed by atoms with Gasteiger partial charge in [-0.15, -0.1) is 10.2 Å². The van der Waals surface area contributed by atoms with Crippen LogP contribution in [0.1, 0.15) is 36.9 Å². The van der Waals surface area contributed by atoms with Crippen LogP contribution in [-0.2, 0) is 0 Å². The summed E-state index contributed by atoms with van der Waals surface area (Å²) in [6, 6.07) is 0.338. The third kappa shape index (κ3) is 2.73. The third-order valence-corrected chi connectivity index (χ3v) is 4.62. The second-order valence-electron chi connectivity index (χ2n) is 3.93. The first-order valence-corrected chi connectivity index (χ1v) is 7.62. The Kier molecular flexibility index (Phi) is 4.25. The molecular formula is C12H17N3S2. The van der Waals surface area contributed by atoms with Gasteiger partial charge in [-0.25, -0.2) is 0 Å². The Morgan fingerprint density at radius 2 is 2.12 bits per heavy atom. The average molecular weight is 267 g/mol. The van der Waals surface area contributed by atoms with Gasteiger partial charge in [0, 0.05) is 10.9 Å². The summed E-state index contributed by atoms with van der Waals surface area (Å²) in [6.45, 7) is 7.37. The van der Waals surface area contributed by atoms with Crippen molar-refractivity contribution >= 4 is 22.7 Å². The highest BCUT2D eigenvalue weighted by molar-refractivity contribution is 7.15. The molecule has 1 atom stereocenters. The van der Waals surface area contributed by atoms with Crippen molar-refractivity contribution in [1.82, 2.24) is 15.5 Å². The van der Waals surface area contributed by atoms with Gasteiger partial charge in [0.05, 0.1) is 6.04 Å². The molecule has 2 aromatic heterocycles. The van der Waals surface area contributed by atoms with Crippen LogP contribution in [0.25, 0.3) is 10.6 Å². The molecule has 0 fully saturated rings. The summed E-state index contributed by atoms with van der Waals surface area (Å²) in [5.41, 5.74) is 2.51. The summed E-state index contributed by atoms with van der Waals surface area (Å²) in [5, 5.41) is 18.5. The molecule has 0 bridgehead atoms. The maximum Gasteiger partial charge on any atom is 0.148 e. The highest BCUT2D eigenvalue weighted by Gasteiger charge is 2.15. The van der Waals surface area contributed by atoms with Crippen LogP contribution in [-0.4, -0.2) is 16.7 Å². The van der Waals surface area contributed by atoms with Gasteiger partial charge in [-0.3, -0.25) is 0 Å². The van der Waals surface area contributed by atoms with Crippen LogP contribution in [0.3, 0.4) is 0 Å². The zero-order valence-electron chi connectivity index (χ0n) is 10.4. The molecular weight excluding hydrogens is 250 g/mol. The molecule has 5 heteroatoms. The summed E-state index contributed by atoms with van der Waals surface area (Å²) in [7, 11) is 0. The molecule has 0 spiro atoms. The van der Waals surface area contributed by atoms with E-state index in [1.807, 2.05) is 0 Å². The van der Waals surface area contributed by atoms with Gasteiger partial charge in [-0.05, 0) is 30.8 Å². The van der Waals surface area contributed by atoms with Crippen molar-refractivity contribution in [2.24, 2.45) is 0 Å². The van der Waals surface area contributed by atoms with Crippen LogP contribution in [0.4, 0.5) is 0 Å². The maximum absolute atomic E-state index is 4.31. The van der Waals surface area contributed by atoms with Crippen molar-refractivity contribution in [2.45, 2.75) is 33.2 Å². The van der Waals surface area contributed by atoms with Gasteiger partial charge in [0.1, 0.15) is 10.0 Å². The van der Waals surface area contributed by atoms with Gasteiger partial charge in [0.25, 0.3) is 0 Å². The van der Waals surface area contributed by atoms with Crippen molar-refractivity contribution in [1.29, 1.82) is 0 Å². The zero-order chi connectivity index (χ0) is 12.3. The number of hydrogen-bond donors (Lipinski definition) is 1. The number of aromatic nitrogens is 2. The normalized spacial score (nSPS) is 12.9. The van der Waals surface area contributed by atoms with Crippen molar-refractivity contribution < 1.29 is 0 Å². The first-order chi connectivity index (χ1) is 8.26. The summed E-state index contributed by atoms with van der Waals surface area (Å²) in [4.78, 5) is 0. The molecule has 0 saturated heterocycles. The van der Waals surface area contributed by atoms with E-state index in [0.717, 1.165) is 23.0 Å². The quantitative estimate of drug-likeness (QED) is 0.899. The van der Waals surface area contributed by atoms with Gasteiger partial charge in [-0.1, -0.05) is 25.2 Å². The monoisotopic (exact) mass is 267 g/mol. The lowest BCUT2D eigenvalue weighted by molar-refractivity contribution is 0.531. The number of aryl methyl sites for hydroxylation is 1. The summed E-state index contributed by atoms with van der Waals surface area (Å²) < 4.78 is 0. The van der Waals surface area contributed by atoms with E-state index in [2.05, 4.69) is 47.0 Å². The molecule has 1 unspecified atom stereocenters. The Bertz CT molecular complexity index is 476. The van der Waals surface area contributed by atoms with E-state index in [0.29, 0.717) is 6.04 Å². The van der Waals surface area contributed by atoms with Gasteiger partial charge < -0.3 is 5.32 Å². The molecule has 17 heavy (non-hydrogen) atoms. The predicted octanol–water partition coefficient (Wildman–Crippen LogP) is 3.64. The van der Waals surface area contributed by atoms with Crippen LogP contribution in [0.5, 0.6) is 0 Å². The molecule has 0 amide bonds. The number of thiophene rings is 1. The minimum Gasteiger partial charge on any atom is -0.308 e. The lowest BCUT2D eigenvalue weighted by Crippen LogP contribution is -2.19. The lowest BCUT2D eigenvalue weighted by Gasteiger charge is -2.10. The predicted molar refractivity (Wildman–Crippen MR) is 74.7 cm³/mol. The number of hydrogen-bond acceptors (Lipinski definition) is 5. The lowest BCUT2D eigenvalue weighted by atomic mass is 10.2. The minimum absolute atomic E-state index is 0.338. The van der Waals surface area contributed by atoms with Crippen molar-refractivity contribution in [3.63, 3.8) is 0 Å². The molecule has 0 aromatic carbocycles. The standard InChI is InChI=1S/C12H17N3S2/c1-4-10(13-5-2)12-15-14-11(17-12)9-7-16-6-8(9)3/h6-7,10,13H,4-5H2,1-3H3. The highest BCUT2D eigenvalue weighted by Crippen LogP contribution is 2.31. The molecule has 1 N–H and O–H groups in total. The van der Waals surface area contributed by atoms with E-state index in [-0.39, 0.29) is 0 Å². The van der Waals surface area contributed by atoms with E-state index >= 15 is 0 Å². The van der Waals surface area contributed by atoms with Crippen LogP contribution >= 0.6 is 22.7 Å². The fourth-order valence-electron chi connectivity index (χ4n) is 1.72. The van der Waals surface area contributed by atoms with E-state index in [1.54, 1.807) is 22.7 Å². The molecule has 0 saturated carbocycles. The third-order valence-electron chi connectivity index (χ3n) is 2.68. The molecule has 0 aliphatic rings. The minimum atomic E-state index is 0.338. The van der Waals surface area contributed by atoms with Crippen LogP contribution in [0.15, 0.2) is 10.8 Å². The summed E-state index contributed by atoms with van der Waals surface area (Å²) in [6.07, 6.45) is 1.05. The second-order valence-corrected chi connectivity index (χ2v) is 5.69. The molecule has 2 aromatic rings. The van der Waals surface area contributed by atoms with Gasteiger partial charge >= 0.3 is 0 Å². The van der Waals surface area contributed by atoms with Crippen LogP contribution in [0.2, 0.25) is 0 Å². The van der Waals surface area contributed by atoms with Gasteiger partial charge in [0.2, 0.25) is 0 Å². The molecule has 0 aliphatic heterocycles. The Labute approximate surface area is 110 Å². The summed E-state index contributed by atoms with van der Waals surface area (Å²) >= 11 is 3.42. The maximum atomic E-state index is 4.31. The van der Waals surface area contributed by atoms with Gasteiger partial charge in [-0.2, -0.15) is 11.3 Å². The van der Waals surface area contributed by atoms with Gasteiger partial charge in [0.15, 0.2) is 0 Å². The van der Waals surface area contributed by atoms with E-state index in [9.17, 15) is 0 Å². The second kappa shape index (κ2) is 5.71. The zero-order valence-corrected chi connectivity index (χ0v) is 12.0. The number of nitrogens with zero attached hydrogens (tertiary/aromatic N) is 2. The smallest absolute Gasteiger partial charge is 0.148 e. The molecule has 0 aliphatic carbocycles. The fourth-order valence-corrected chi connectivity index (χ4v) is 3.71. The van der Waals surface area contributed by atoms with Crippen molar-refractivity contribution in [3.05, 3.63) is 21.3 Å². The number of rotatable bonds is 5. The van der Waals surface area contributed by atoms with E-state index < -0.39 is 0 Å².